The Balaban J connectivity index is 1.45. The molecule has 0 amide bonds. The van der Waals surface area contributed by atoms with E-state index in [0.717, 1.165) is 55.8 Å². The van der Waals surface area contributed by atoms with Gasteiger partial charge < -0.3 is 10.3 Å². The summed E-state index contributed by atoms with van der Waals surface area (Å²) in [5.41, 5.74) is 7.94. The number of rotatable bonds is 5. The molecule has 1 aromatic carbocycles. The molecule has 0 aliphatic heterocycles. The summed E-state index contributed by atoms with van der Waals surface area (Å²) in [6.45, 7) is 4.20. The molecule has 6 aromatic rings. The lowest BCUT2D eigenvalue weighted by molar-refractivity contribution is 0.898. The third-order valence-corrected chi connectivity index (χ3v) is 5.61. The average Bonchev–Trinajstić information content (AvgIpc) is 3.48. The van der Waals surface area contributed by atoms with Crippen molar-refractivity contribution < 1.29 is 0 Å². The highest BCUT2D eigenvalue weighted by molar-refractivity contribution is 5.97. The summed E-state index contributed by atoms with van der Waals surface area (Å²) in [4.78, 5) is 21.8. The van der Waals surface area contributed by atoms with Crippen molar-refractivity contribution in [1.82, 2.24) is 35.1 Å². The molecule has 0 spiro atoms. The second-order valence-electron chi connectivity index (χ2n) is 8.45. The van der Waals surface area contributed by atoms with Gasteiger partial charge in [0.15, 0.2) is 5.82 Å². The van der Waals surface area contributed by atoms with Crippen molar-refractivity contribution >= 4 is 27.6 Å². The van der Waals surface area contributed by atoms with Crippen LogP contribution in [0.25, 0.3) is 56.0 Å². The highest BCUT2D eigenvalue weighted by Crippen LogP contribution is 2.32. The number of anilines is 1. The summed E-state index contributed by atoms with van der Waals surface area (Å²) in [6, 6.07) is 16.3. The van der Waals surface area contributed by atoms with Gasteiger partial charge in [0.2, 0.25) is 0 Å². The lowest BCUT2D eigenvalue weighted by Gasteiger charge is -2.10. The van der Waals surface area contributed by atoms with Crippen molar-refractivity contribution in [1.29, 1.82) is 0 Å². The van der Waals surface area contributed by atoms with Crippen LogP contribution >= 0.6 is 0 Å². The number of hydrogen-bond acceptors (Lipinski definition) is 6. The molecule has 0 aliphatic rings. The molecule has 8 heteroatoms. The Bertz CT molecular complexity index is 1610. The monoisotopic (exact) mass is 446 g/mol. The number of nitrogens with zero attached hydrogens (tertiary/aromatic N) is 5. The summed E-state index contributed by atoms with van der Waals surface area (Å²) in [5, 5.41) is 12.0. The Kier molecular flexibility index (Phi) is 4.76. The fraction of sp³-hybridized carbons (Fsp3) is 0.115. The van der Waals surface area contributed by atoms with Crippen molar-refractivity contribution in [2.45, 2.75) is 19.9 Å². The molecule has 5 heterocycles. The Morgan fingerprint density at radius 3 is 2.68 bits per heavy atom. The molecule has 5 aromatic heterocycles. The second kappa shape index (κ2) is 8.08. The SMILES string of the molecule is CC(C)Nc1cncc(-c2cc3c(-c4nc5c(-c6ccccn6)cccc5[nH]4)n[nH]c3cn2)c1. The summed E-state index contributed by atoms with van der Waals surface area (Å²) in [7, 11) is 0. The lowest BCUT2D eigenvalue weighted by atomic mass is 10.1. The predicted molar refractivity (Wildman–Crippen MR) is 134 cm³/mol. The van der Waals surface area contributed by atoms with Gasteiger partial charge in [-0.3, -0.25) is 20.1 Å². The van der Waals surface area contributed by atoms with Crippen LogP contribution < -0.4 is 5.32 Å². The standard InChI is InChI=1S/C26H22N8/c1-15(2)30-17-10-16(12-27-13-17)22-11-19-23(14-29-22)33-34-25(19)26-31-21-8-5-6-18(24(21)32-26)20-7-3-4-9-28-20/h3-15,30H,1-2H3,(H,31,32)(H,33,34). The molecule has 0 fully saturated rings. The first-order chi connectivity index (χ1) is 16.7. The largest absolute Gasteiger partial charge is 0.382 e. The van der Waals surface area contributed by atoms with E-state index in [0.29, 0.717) is 11.9 Å². The number of pyridine rings is 3. The van der Waals surface area contributed by atoms with E-state index in [2.05, 4.69) is 55.4 Å². The molecule has 0 atom stereocenters. The number of fused-ring (bicyclic) bond motifs is 2. The minimum Gasteiger partial charge on any atom is -0.382 e. The molecule has 0 unspecified atom stereocenters. The first-order valence-corrected chi connectivity index (χ1v) is 11.1. The Hall–Kier alpha value is -4.59. The van der Waals surface area contributed by atoms with Crippen molar-refractivity contribution in [3.8, 4) is 34.0 Å². The molecular formula is C26H22N8. The van der Waals surface area contributed by atoms with Gasteiger partial charge in [-0.1, -0.05) is 18.2 Å². The molecule has 0 aliphatic carbocycles. The minimum absolute atomic E-state index is 0.317. The summed E-state index contributed by atoms with van der Waals surface area (Å²) in [6.07, 6.45) is 7.22. The number of nitrogens with one attached hydrogen (secondary N) is 3. The van der Waals surface area contributed by atoms with E-state index in [-0.39, 0.29) is 0 Å². The first-order valence-electron chi connectivity index (χ1n) is 11.1. The third kappa shape index (κ3) is 3.55. The van der Waals surface area contributed by atoms with Crippen LogP contribution in [0, 0.1) is 0 Å². The number of hydrogen-bond donors (Lipinski definition) is 3. The number of para-hydroxylation sites is 1. The van der Waals surface area contributed by atoms with Crippen molar-refractivity contribution in [2.24, 2.45) is 0 Å². The van der Waals surface area contributed by atoms with Gasteiger partial charge in [0.05, 0.1) is 39.8 Å². The number of benzene rings is 1. The molecule has 0 saturated heterocycles. The van der Waals surface area contributed by atoms with Gasteiger partial charge in [-0.25, -0.2) is 4.98 Å². The van der Waals surface area contributed by atoms with E-state index >= 15 is 0 Å². The quantitative estimate of drug-likeness (QED) is 0.325. The van der Waals surface area contributed by atoms with Crippen LogP contribution in [0.4, 0.5) is 5.69 Å². The van der Waals surface area contributed by atoms with Gasteiger partial charge in [-0.05, 0) is 44.2 Å². The van der Waals surface area contributed by atoms with Crippen LogP contribution in [0.3, 0.4) is 0 Å². The predicted octanol–water partition coefficient (Wildman–Crippen LogP) is 5.45. The van der Waals surface area contributed by atoms with Crippen molar-refractivity contribution in [3.63, 3.8) is 0 Å². The van der Waals surface area contributed by atoms with Gasteiger partial charge in [-0.2, -0.15) is 5.10 Å². The second-order valence-corrected chi connectivity index (χ2v) is 8.45. The number of aromatic nitrogens is 7. The van der Waals surface area contributed by atoms with Crippen LogP contribution in [0.15, 0.2) is 73.3 Å². The van der Waals surface area contributed by atoms with Crippen LogP contribution in [-0.4, -0.2) is 41.2 Å². The maximum atomic E-state index is 4.91. The van der Waals surface area contributed by atoms with Gasteiger partial charge in [0.1, 0.15) is 5.69 Å². The van der Waals surface area contributed by atoms with Crippen LogP contribution in [-0.2, 0) is 0 Å². The Labute approximate surface area is 195 Å². The van der Waals surface area contributed by atoms with Gasteiger partial charge >= 0.3 is 0 Å². The Morgan fingerprint density at radius 2 is 1.82 bits per heavy atom. The molecule has 0 saturated carbocycles. The van der Waals surface area contributed by atoms with Gasteiger partial charge in [0, 0.05) is 41.1 Å². The first kappa shape index (κ1) is 20.0. The van der Waals surface area contributed by atoms with Crippen molar-refractivity contribution in [2.75, 3.05) is 5.32 Å². The highest BCUT2D eigenvalue weighted by Gasteiger charge is 2.16. The van der Waals surface area contributed by atoms with Crippen LogP contribution in [0.5, 0.6) is 0 Å². The van der Waals surface area contributed by atoms with E-state index in [1.807, 2.05) is 54.9 Å². The van der Waals surface area contributed by atoms with E-state index in [1.54, 1.807) is 12.4 Å². The third-order valence-electron chi connectivity index (χ3n) is 5.61. The fourth-order valence-electron chi connectivity index (χ4n) is 4.12. The number of aromatic amines is 2. The zero-order valence-electron chi connectivity index (χ0n) is 18.7. The topological polar surface area (TPSA) is 108 Å². The maximum Gasteiger partial charge on any atom is 0.159 e. The van der Waals surface area contributed by atoms with E-state index in [9.17, 15) is 0 Å². The molecule has 0 radical (unpaired) electrons. The number of imidazole rings is 1. The Morgan fingerprint density at radius 1 is 0.882 bits per heavy atom. The highest BCUT2D eigenvalue weighted by atomic mass is 15.1. The summed E-state index contributed by atoms with van der Waals surface area (Å²) >= 11 is 0. The molecule has 6 rings (SSSR count). The lowest BCUT2D eigenvalue weighted by Crippen LogP contribution is -2.09. The van der Waals surface area contributed by atoms with E-state index in [1.165, 1.54) is 0 Å². The maximum absolute atomic E-state index is 4.91. The zero-order chi connectivity index (χ0) is 23.1. The summed E-state index contributed by atoms with van der Waals surface area (Å²) in [5.74, 6) is 0.690. The summed E-state index contributed by atoms with van der Waals surface area (Å²) < 4.78 is 0. The molecule has 0 bridgehead atoms. The van der Waals surface area contributed by atoms with Crippen molar-refractivity contribution in [3.05, 3.63) is 73.3 Å². The molecule has 166 valence electrons. The van der Waals surface area contributed by atoms with Crippen LogP contribution in [0.2, 0.25) is 0 Å². The smallest absolute Gasteiger partial charge is 0.159 e. The van der Waals surface area contributed by atoms with Crippen LogP contribution in [0.1, 0.15) is 13.8 Å². The molecule has 8 nitrogen and oxygen atoms in total. The fourth-order valence-corrected chi connectivity index (χ4v) is 4.12. The van der Waals surface area contributed by atoms with E-state index < -0.39 is 0 Å². The van der Waals surface area contributed by atoms with Gasteiger partial charge in [-0.15, -0.1) is 0 Å². The van der Waals surface area contributed by atoms with Gasteiger partial charge in [0.25, 0.3) is 0 Å². The molecule has 3 N–H and O–H groups in total. The zero-order valence-corrected chi connectivity index (χ0v) is 18.7. The molecule has 34 heavy (non-hydrogen) atoms. The molecular weight excluding hydrogens is 424 g/mol. The minimum atomic E-state index is 0.317. The number of H-pyrrole nitrogens is 2. The normalized spacial score (nSPS) is 11.5. The average molecular weight is 447 g/mol. The van der Waals surface area contributed by atoms with E-state index in [4.69, 9.17) is 4.98 Å².